The molecular weight excluding hydrogens is 363 g/mol. The molecule has 0 spiro atoms. The third kappa shape index (κ3) is 3.81. The molecule has 0 amide bonds. The quantitative estimate of drug-likeness (QED) is 0.823. The number of benzene rings is 1. The minimum atomic E-state index is -0.327. The molecule has 1 aromatic heterocycles. The maximum atomic E-state index is 13.5. The van der Waals surface area contributed by atoms with Gasteiger partial charge in [0.25, 0.3) is 0 Å². The lowest BCUT2D eigenvalue weighted by atomic mass is 10.0. The summed E-state index contributed by atoms with van der Waals surface area (Å²) < 4.78 is 13.5. The first-order chi connectivity index (χ1) is 13.1. The van der Waals surface area contributed by atoms with Crippen LogP contribution in [0.2, 0.25) is 5.02 Å². The van der Waals surface area contributed by atoms with Crippen molar-refractivity contribution in [2.24, 2.45) is 17.8 Å². The van der Waals surface area contributed by atoms with E-state index in [0.29, 0.717) is 22.3 Å². The molecule has 2 aliphatic carbocycles. The highest BCUT2D eigenvalue weighted by Crippen LogP contribution is 2.41. The highest BCUT2D eigenvalue weighted by atomic mass is 35.5. The Morgan fingerprint density at radius 1 is 1.07 bits per heavy atom. The fourth-order valence-corrected chi connectivity index (χ4v) is 5.00. The van der Waals surface area contributed by atoms with E-state index in [4.69, 9.17) is 11.6 Å². The first kappa shape index (κ1) is 17.4. The van der Waals surface area contributed by atoms with Gasteiger partial charge < -0.3 is 10.2 Å². The van der Waals surface area contributed by atoms with Gasteiger partial charge in [-0.25, -0.2) is 4.39 Å². The van der Waals surface area contributed by atoms with E-state index in [2.05, 4.69) is 20.4 Å². The van der Waals surface area contributed by atoms with Crippen molar-refractivity contribution in [2.75, 3.05) is 25.0 Å². The summed E-state index contributed by atoms with van der Waals surface area (Å²) >= 11 is 6.16. The topological polar surface area (TPSA) is 41.0 Å². The average molecular weight is 387 g/mol. The van der Waals surface area contributed by atoms with Crippen LogP contribution >= 0.6 is 11.6 Å². The molecule has 1 aromatic carbocycles. The number of halogens is 2. The minimum absolute atomic E-state index is 0.327. The third-order valence-corrected chi connectivity index (χ3v) is 6.59. The number of nitrogens with one attached hydrogen (secondary N) is 1. The highest BCUT2D eigenvalue weighted by Gasteiger charge is 2.42. The molecule has 6 heteroatoms. The summed E-state index contributed by atoms with van der Waals surface area (Å²) in [6.07, 6.45) is 5.30. The van der Waals surface area contributed by atoms with E-state index in [9.17, 15) is 4.39 Å². The molecular formula is C21H24ClFN4. The lowest BCUT2D eigenvalue weighted by Crippen LogP contribution is -2.27. The van der Waals surface area contributed by atoms with Gasteiger partial charge in [-0.3, -0.25) is 0 Å². The molecule has 0 bridgehead atoms. The largest absolute Gasteiger partial charge is 0.366 e. The summed E-state index contributed by atoms with van der Waals surface area (Å²) in [6.45, 7) is 3.85. The summed E-state index contributed by atoms with van der Waals surface area (Å²) in [4.78, 5) is 2.68. The van der Waals surface area contributed by atoms with E-state index in [0.717, 1.165) is 23.6 Å². The molecule has 4 nitrogen and oxygen atoms in total. The molecule has 0 unspecified atom stereocenters. The van der Waals surface area contributed by atoms with Gasteiger partial charge in [0.15, 0.2) is 0 Å². The second-order valence-electron chi connectivity index (χ2n) is 8.42. The van der Waals surface area contributed by atoms with E-state index < -0.39 is 0 Å². The Bertz CT molecular complexity index is 809. The molecule has 2 heterocycles. The Hall–Kier alpha value is -1.72. The average Bonchev–Trinajstić information content (AvgIpc) is 3.28. The molecule has 5 rings (SSSR count). The molecule has 27 heavy (non-hydrogen) atoms. The van der Waals surface area contributed by atoms with Crippen LogP contribution in [-0.4, -0.2) is 40.8 Å². The van der Waals surface area contributed by atoms with Crippen LogP contribution in [0, 0.1) is 23.6 Å². The van der Waals surface area contributed by atoms with E-state index in [1.807, 2.05) is 12.1 Å². The second-order valence-corrected chi connectivity index (χ2v) is 8.83. The van der Waals surface area contributed by atoms with Crippen LogP contribution < -0.4 is 5.32 Å². The molecule has 1 N–H and O–H groups in total. The Kier molecular flexibility index (Phi) is 4.52. The molecule has 2 aromatic rings. The van der Waals surface area contributed by atoms with Gasteiger partial charge in [0.05, 0.1) is 10.7 Å². The van der Waals surface area contributed by atoms with Crippen molar-refractivity contribution in [1.29, 1.82) is 0 Å². The van der Waals surface area contributed by atoms with Gasteiger partial charge in [-0.05, 0) is 73.8 Å². The van der Waals surface area contributed by atoms with Crippen LogP contribution in [0.1, 0.15) is 25.7 Å². The fourth-order valence-electron chi connectivity index (χ4n) is 4.79. The van der Waals surface area contributed by atoms with Crippen LogP contribution in [-0.2, 0) is 0 Å². The highest BCUT2D eigenvalue weighted by molar-refractivity contribution is 6.33. The Balaban J connectivity index is 1.19. The van der Waals surface area contributed by atoms with E-state index in [1.165, 1.54) is 57.5 Å². The molecule has 0 radical (unpaired) electrons. The molecule has 2 saturated carbocycles. The first-order valence-corrected chi connectivity index (χ1v) is 10.3. The zero-order valence-corrected chi connectivity index (χ0v) is 16.0. The van der Waals surface area contributed by atoms with Gasteiger partial charge in [-0.2, -0.15) is 0 Å². The molecule has 3 aliphatic rings. The van der Waals surface area contributed by atoms with Gasteiger partial charge in [0.1, 0.15) is 11.6 Å². The summed E-state index contributed by atoms with van der Waals surface area (Å²) in [6, 6.07) is 8.52. The number of hydrogen-bond donors (Lipinski definition) is 1. The van der Waals surface area contributed by atoms with Crippen LogP contribution in [0.5, 0.6) is 0 Å². The Labute approximate surface area is 164 Å². The fraction of sp³-hybridized carbons (Fsp3) is 0.524. The number of rotatable bonds is 5. The number of fused-ring (bicyclic) bond motifs is 1. The van der Waals surface area contributed by atoms with Gasteiger partial charge >= 0.3 is 0 Å². The van der Waals surface area contributed by atoms with Crippen LogP contribution in [0.4, 0.5) is 10.2 Å². The normalized spacial score (nSPS) is 27.7. The summed E-state index contributed by atoms with van der Waals surface area (Å²) in [5.41, 5.74) is 1.16. The minimum Gasteiger partial charge on any atom is -0.366 e. The molecule has 1 saturated heterocycles. The molecule has 142 valence electrons. The smallest absolute Gasteiger partial charge is 0.148 e. The van der Waals surface area contributed by atoms with Crippen molar-refractivity contribution >= 4 is 17.4 Å². The van der Waals surface area contributed by atoms with Crippen molar-refractivity contribution in [1.82, 2.24) is 15.1 Å². The number of nitrogens with zero attached hydrogens (tertiary/aromatic N) is 3. The lowest BCUT2D eigenvalue weighted by molar-refractivity contribution is 0.296. The van der Waals surface area contributed by atoms with Crippen molar-refractivity contribution < 1.29 is 4.39 Å². The predicted octanol–water partition coefficient (Wildman–Crippen LogP) is 4.47. The lowest BCUT2D eigenvalue weighted by Gasteiger charge is -2.19. The van der Waals surface area contributed by atoms with E-state index in [-0.39, 0.29) is 5.82 Å². The zero-order chi connectivity index (χ0) is 18.4. The maximum absolute atomic E-state index is 13.5. The molecule has 1 aliphatic heterocycles. The van der Waals surface area contributed by atoms with Crippen molar-refractivity contribution in [3.63, 3.8) is 0 Å². The van der Waals surface area contributed by atoms with Gasteiger partial charge in [-0.1, -0.05) is 11.6 Å². The van der Waals surface area contributed by atoms with Crippen molar-refractivity contribution in [3.05, 3.63) is 41.2 Å². The predicted molar refractivity (Wildman–Crippen MR) is 105 cm³/mol. The van der Waals surface area contributed by atoms with Crippen LogP contribution in [0.25, 0.3) is 11.3 Å². The zero-order valence-electron chi connectivity index (χ0n) is 15.2. The Morgan fingerprint density at radius 3 is 2.52 bits per heavy atom. The summed E-state index contributed by atoms with van der Waals surface area (Å²) in [7, 11) is 0. The van der Waals surface area contributed by atoms with Gasteiger partial charge in [0.2, 0.25) is 0 Å². The summed E-state index contributed by atoms with van der Waals surface area (Å²) in [5.74, 6) is 3.08. The Morgan fingerprint density at radius 2 is 1.85 bits per heavy atom. The van der Waals surface area contributed by atoms with Crippen molar-refractivity contribution in [3.8, 4) is 11.3 Å². The second kappa shape index (κ2) is 7.02. The number of likely N-dealkylation sites (tertiary alicyclic amines) is 1. The third-order valence-electron chi connectivity index (χ3n) is 6.26. The number of hydrogen-bond acceptors (Lipinski definition) is 4. The number of anilines is 1. The maximum Gasteiger partial charge on any atom is 0.148 e. The van der Waals surface area contributed by atoms with Gasteiger partial charge in [-0.15, -0.1) is 10.2 Å². The standard InChI is InChI=1S/C21H24ClFN4/c22-19-4-3-16(23)9-18(19)20-5-6-21(26-25-20)24-17-7-14-11-27(10-13-1-2-13)12-15(14)8-17/h3-6,9,13-15,17H,1-2,7-8,10-12H2,(H,24,26)/t14-,15+,17+. The van der Waals surface area contributed by atoms with Gasteiger partial charge in [0, 0.05) is 31.2 Å². The summed E-state index contributed by atoms with van der Waals surface area (Å²) in [5, 5.41) is 12.6. The monoisotopic (exact) mass is 386 g/mol. The van der Waals surface area contributed by atoms with E-state index in [1.54, 1.807) is 6.07 Å². The van der Waals surface area contributed by atoms with E-state index >= 15 is 0 Å². The molecule has 3 fully saturated rings. The molecule has 3 atom stereocenters. The van der Waals surface area contributed by atoms with Crippen molar-refractivity contribution in [2.45, 2.75) is 31.7 Å². The SMILES string of the molecule is Fc1ccc(Cl)c(-c2ccc(N[C@H]3C[C@@H]4CN(CC5CC5)C[C@@H]4C3)nn2)c1. The first-order valence-electron chi connectivity index (χ1n) is 9.92. The van der Waals surface area contributed by atoms with Crippen LogP contribution in [0.3, 0.4) is 0 Å². The number of aromatic nitrogens is 2. The van der Waals surface area contributed by atoms with Crippen LogP contribution in [0.15, 0.2) is 30.3 Å².